The molecule has 6 nitrogen and oxygen atoms in total. The number of carbonyl (C=O) groups is 1. The molecule has 0 amide bonds. The van der Waals surface area contributed by atoms with Crippen molar-refractivity contribution in [2.75, 3.05) is 0 Å². The van der Waals surface area contributed by atoms with E-state index in [0.717, 1.165) is 22.0 Å². The van der Waals surface area contributed by atoms with E-state index < -0.39 is 10.0 Å². The Balaban J connectivity index is 1.74. The zero-order chi connectivity index (χ0) is 20.7. The first kappa shape index (κ1) is 18.3. The van der Waals surface area contributed by atoms with Crippen LogP contribution in [0.3, 0.4) is 0 Å². The lowest BCUT2D eigenvalue weighted by atomic mass is 10.0. The van der Waals surface area contributed by atoms with Crippen LogP contribution in [0.1, 0.15) is 21.5 Å². The highest BCUT2D eigenvalue weighted by atomic mass is 32.2. The zero-order valence-electron chi connectivity index (χ0n) is 15.8. The van der Waals surface area contributed by atoms with Crippen LogP contribution in [-0.4, -0.2) is 28.5 Å². The van der Waals surface area contributed by atoms with Gasteiger partial charge in [0.15, 0.2) is 0 Å². The smallest absolute Gasteiger partial charge is 0.265 e. The molecular weight excluding hydrogens is 398 g/mol. The molecule has 1 aliphatic heterocycles. The number of rotatable bonds is 3. The highest BCUT2D eigenvalue weighted by molar-refractivity contribution is 7.89. The van der Waals surface area contributed by atoms with Gasteiger partial charge in [-0.2, -0.15) is 0 Å². The van der Waals surface area contributed by atoms with E-state index in [9.17, 15) is 13.2 Å². The minimum absolute atomic E-state index is 0.0288. The first-order valence-corrected chi connectivity index (χ1v) is 10.8. The quantitative estimate of drug-likeness (QED) is 0.513. The number of nitrogens with zero attached hydrogens (tertiary/aromatic N) is 2. The van der Waals surface area contributed by atoms with Crippen LogP contribution in [0.2, 0.25) is 0 Å². The van der Waals surface area contributed by atoms with Gasteiger partial charge < -0.3 is 4.98 Å². The van der Waals surface area contributed by atoms with Gasteiger partial charge >= 0.3 is 0 Å². The molecule has 148 valence electrons. The molecule has 0 spiro atoms. The number of carbonyl (C=O) groups excluding carboxylic acids is 1. The number of nitrogens with one attached hydrogen (secondary N) is 1. The maximum atomic E-state index is 13.5. The van der Waals surface area contributed by atoms with E-state index in [-0.39, 0.29) is 28.5 Å². The Morgan fingerprint density at radius 3 is 2.60 bits per heavy atom. The average molecular weight is 415 g/mol. The summed E-state index contributed by atoms with van der Waals surface area (Å²) in [4.78, 5) is 20.5. The van der Waals surface area contributed by atoms with E-state index in [0.29, 0.717) is 0 Å². The number of Topliss-reactive ketones (excluding diaryl/α,β-unsaturated/α-hetero) is 1. The Morgan fingerprint density at radius 2 is 1.77 bits per heavy atom. The zero-order valence-corrected chi connectivity index (χ0v) is 16.6. The predicted octanol–water partition coefficient (Wildman–Crippen LogP) is 3.99. The van der Waals surface area contributed by atoms with Crippen LogP contribution >= 0.6 is 0 Å². The second-order valence-corrected chi connectivity index (χ2v) is 8.84. The Labute approximate surface area is 173 Å². The van der Waals surface area contributed by atoms with Crippen LogP contribution in [0.15, 0.2) is 89.8 Å². The van der Waals surface area contributed by atoms with Crippen LogP contribution in [0.5, 0.6) is 0 Å². The monoisotopic (exact) mass is 415 g/mol. The summed E-state index contributed by atoms with van der Waals surface area (Å²) < 4.78 is 28.2. The van der Waals surface area contributed by atoms with Crippen LogP contribution in [0, 0.1) is 0 Å². The van der Waals surface area contributed by atoms with Crippen molar-refractivity contribution in [3.63, 3.8) is 0 Å². The topological polar surface area (TPSA) is 83.1 Å². The summed E-state index contributed by atoms with van der Waals surface area (Å²) in [6.07, 6.45) is 6.68. The number of benzene rings is 2. The summed E-state index contributed by atoms with van der Waals surface area (Å²) in [5, 5.41) is 0.915. The average Bonchev–Trinajstić information content (AvgIpc) is 3.25. The third kappa shape index (κ3) is 2.91. The molecule has 30 heavy (non-hydrogen) atoms. The van der Waals surface area contributed by atoms with Gasteiger partial charge in [-0.1, -0.05) is 24.3 Å². The molecule has 0 atom stereocenters. The molecule has 0 fully saturated rings. The lowest BCUT2D eigenvalue weighted by Crippen LogP contribution is -2.38. The minimum Gasteiger partial charge on any atom is -0.361 e. The van der Waals surface area contributed by atoms with Gasteiger partial charge in [-0.15, -0.1) is 0 Å². The molecule has 7 heteroatoms. The van der Waals surface area contributed by atoms with Crippen LogP contribution in [0.25, 0.3) is 17.0 Å². The molecule has 4 aromatic rings. The van der Waals surface area contributed by atoms with E-state index in [1.54, 1.807) is 48.8 Å². The molecule has 5 rings (SSSR count). The van der Waals surface area contributed by atoms with Crippen molar-refractivity contribution in [1.29, 1.82) is 0 Å². The molecule has 0 aliphatic carbocycles. The maximum Gasteiger partial charge on any atom is 0.265 e. The first-order valence-electron chi connectivity index (χ1n) is 9.39. The molecule has 0 bridgehead atoms. The van der Waals surface area contributed by atoms with Crippen molar-refractivity contribution < 1.29 is 13.2 Å². The Kier molecular flexibility index (Phi) is 4.25. The molecule has 0 radical (unpaired) electrons. The number of sulfonamides is 1. The van der Waals surface area contributed by atoms with E-state index in [4.69, 9.17) is 0 Å². The van der Waals surface area contributed by atoms with E-state index >= 15 is 0 Å². The van der Waals surface area contributed by atoms with Crippen molar-refractivity contribution in [3.8, 4) is 0 Å². The van der Waals surface area contributed by atoms with Crippen molar-refractivity contribution in [3.05, 3.63) is 102 Å². The third-order valence-electron chi connectivity index (χ3n) is 5.20. The van der Waals surface area contributed by atoms with Gasteiger partial charge in [-0.05, 0) is 53.6 Å². The summed E-state index contributed by atoms with van der Waals surface area (Å²) >= 11 is 0. The number of allylic oxidation sites excluding steroid dienone is 1. The first-order chi connectivity index (χ1) is 14.6. The lowest BCUT2D eigenvalue weighted by molar-refractivity contribution is 0.100. The number of fused-ring (bicyclic) bond motifs is 2. The summed E-state index contributed by atoms with van der Waals surface area (Å²) in [5.41, 5.74) is 2.74. The number of hydrogen-bond donors (Lipinski definition) is 1. The van der Waals surface area contributed by atoms with Crippen molar-refractivity contribution in [2.45, 2.75) is 11.4 Å². The molecule has 0 saturated heterocycles. The number of pyridine rings is 1. The maximum absolute atomic E-state index is 13.5. The van der Waals surface area contributed by atoms with Gasteiger partial charge in [0.25, 0.3) is 10.0 Å². The highest BCUT2D eigenvalue weighted by Gasteiger charge is 2.39. The molecule has 2 aromatic heterocycles. The number of ketones is 1. The molecule has 1 aliphatic rings. The number of hydrogen-bond acceptors (Lipinski definition) is 4. The Morgan fingerprint density at radius 1 is 0.967 bits per heavy atom. The lowest BCUT2D eigenvalue weighted by Gasteiger charge is -2.31. The fourth-order valence-corrected chi connectivity index (χ4v) is 5.36. The van der Waals surface area contributed by atoms with Gasteiger partial charge in [0.2, 0.25) is 5.78 Å². The fourth-order valence-electron chi connectivity index (χ4n) is 3.72. The van der Waals surface area contributed by atoms with Crippen molar-refractivity contribution in [2.24, 2.45) is 0 Å². The molecule has 0 saturated carbocycles. The minimum atomic E-state index is -3.91. The third-order valence-corrected chi connectivity index (χ3v) is 7.02. The predicted molar refractivity (Wildman–Crippen MR) is 114 cm³/mol. The van der Waals surface area contributed by atoms with E-state index in [1.165, 1.54) is 10.4 Å². The normalized spacial score (nSPS) is 16.7. The fraction of sp³-hybridized carbons (Fsp3) is 0.0435. The summed E-state index contributed by atoms with van der Waals surface area (Å²) in [6.45, 7) is 0.0415. The summed E-state index contributed by atoms with van der Waals surface area (Å²) in [5.74, 6) is -0.318. The van der Waals surface area contributed by atoms with Crippen molar-refractivity contribution in [1.82, 2.24) is 14.3 Å². The largest absolute Gasteiger partial charge is 0.361 e. The molecular formula is C23H17N3O3S. The second kappa shape index (κ2) is 6.96. The van der Waals surface area contributed by atoms with E-state index in [1.807, 2.05) is 30.5 Å². The van der Waals surface area contributed by atoms with Gasteiger partial charge in [0, 0.05) is 35.1 Å². The van der Waals surface area contributed by atoms with Crippen LogP contribution < -0.4 is 0 Å². The Hall–Kier alpha value is -3.71. The molecule has 3 heterocycles. The van der Waals surface area contributed by atoms with Gasteiger partial charge in [-0.25, -0.2) is 8.42 Å². The van der Waals surface area contributed by atoms with Crippen LogP contribution in [0.4, 0.5) is 0 Å². The molecule has 0 unspecified atom stereocenters. The standard InChI is InChI=1S/C23H17N3O3S/c27-23-19-5-1-2-7-22(19)30(28,29)26(15-16-8-11-24-12-9-16)21(23)14-17-4-3-6-20-18(17)10-13-25-20/h1-14,25H,15H2/b21-14-. The SMILES string of the molecule is O=C1/C(=C/c2cccc3[nH]ccc23)N(Cc2ccncc2)S(=O)(=O)c2ccccc21. The molecule has 1 N–H and O–H groups in total. The van der Waals surface area contributed by atoms with Gasteiger partial charge in [0.05, 0.1) is 11.4 Å². The summed E-state index contributed by atoms with van der Waals surface area (Å²) in [7, 11) is -3.91. The molecule has 2 aromatic carbocycles. The van der Waals surface area contributed by atoms with Crippen LogP contribution in [-0.2, 0) is 16.6 Å². The highest BCUT2D eigenvalue weighted by Crippen LogP contribution is 2.35. The summed E-state index contributed by atoms with van der Waals surface area (Å²) in [6, 6.07) is 17.4. The Bertz CT molecular complexity index is 1410. The number of aromatic amines is 1. The van der Waals surface area contributed by atoms with Crippen molar-refractivity contribution >= 4 is 32.8 Å². The number of H-pyrrole nitrogens is 1. The second-order valence-electron chi connectivity index (χ2n) is 7.01. The van der Waals surface area contributed by atoms with Gasteiger partial charge in [0.1, 0.15) is 5.70 Å². The van der Waals surface area contributed by atoms with E-state index in [2.05, 4.69) is 9.97 Å². The number of aromatic nitrogens is 2. The van der Waals surface area contributed by atoms with Gasteiger partial charge in [-0.3, -0.25) is 14.1 Å².